The highest BCUT2D eigenvalue weighted by molar-refractivity contribution is 7.12. The maximum absolute atomic E-state index is 12.9. The van der Waals surface area contributed by atoms with Crippen molar-refractivity contribution in [3.63, 3.8) is 0 Å². The number of hydrogen-bond donors (Lipinski definition) is 0. The molecule has 4 heterocycles. The van der Waals surface area contributed by atoms with Gasteiger partial charge in [-0.2, -0.15) is 0 Å². The monoisotopic (exact) mass is 334 g/mol. The summed E-state index contributed by atoms with van der Waals surface area (Å²) in [6, 6.07) is 3.07. The van der Waals surface area contributed by atoms with Crippen molar-refractivity contribution >= 4 is 17.2 Å². The lowest BCUT2D eigenvalue weighted by atomic mass is 9.99. The van der Waals surface area contributed by atoms with Gasteiger partial charge in [0.1, 0.15) is 0 Å². The number of hydrogen-bond acceptors (Lipinski definition) is 4. The molecule has 0 aliphatic carbocycles. The molecular weight excluding hydrogens is 308 g/mol. The first-order valence-corrected chi connectivity index (χ1v) is 9.79. The summed E-state index contributed by atoms with van der Waals surface area (Å²) in [5.41, 5.74) is 1.13. The van der Waals surface area contributed by atoms with Crippen molar-refractivity contribution in [3.8, 4) is 0 Å². The molecule has 4 rings (SSSR count). The standard InChI is InChI=1S/C18H26N2O2S/c1-13-6-11-23-17(13)18(21)20-8-3-15-16(20)2-7-19(15)12-14-4-9-22-10-5-14/h6,11,14-16H,2-5,7-10,12H2,1H3/t15-,16+/m1/s1. The van der Waals surface area contributed by atoms with Crippen LogP contribution in [-0.4, -0.2) is 60.6 Å². The van der Waals surface area contributed by atoms with Gasteiger partial charge in [-0.1, -0.05) is 0 Å². The van der Waals surface area contributed by atoms with Crippen LogP contribution in [0.1, 0.15) is 40.9 Å². The SMILES string of the molecule is Cc1ccsc1C(=O)N1CC[C@@H]2[C@@H]1CCN2CC1CCOCC1. The van der Waals surface area contributed by atoms with E-state index in [1.807, 2.05) is 12.3 Å². The Balaban J connectivity index is 1.41. The molecule has 23 heavy (non-hydrogen) atoms. The van der Waals surface area contributed by atoms with Crippen LogP contribution in [-0.2, 0) is 4.74 Å². The lowest BCUT2D eigenvalue weighted by molar-refractivity contribution is 0.0502. The second-order valence-corrected chi connectivity index (χ2v) is 8.11. The molecular formula is C18H26N2O2S. The summed E-state index contributed by atoms with van der Waals surface area (Å²) in [7, 11) is 0. The predicted octanol–water partition coefficient (Wildman–Crippen LogP) is 2.77. The molecule has 3 saturated heterocycles. The largest absolute Gasteiger partial charge is 0.381 e. The van der Waals surface area contributed by atoms with Gasteiger partial charge in [0.25, 0.3) is 5.91 Å². The number of carbonyl (C=O) groups is 1. The minimum Gasteiger partial charge on any atom is -0.381 e. The Labute approximate surface area is 142 Å². The quantitative estimate of drug-likeness (QED) is 0.852. The van der Waals surface area contributed by atoms with Crippen LogP contribution in [0.4, 0.5) is 0 Å². The first-order chi connectivity index (χ1) is 11.2. The lowest BCUT2D eigenvalue weighted by Gasteiger charge is -2.30. The van der Waals surface area contributed by atoms with E-state index in [0.29, 0.717) is 12.1 Å². The Morgan fingerprint density at radius 2 is 2.00 bits per heavy atom. The third-order valence-electron chi connectivity index (χ3n) is 5.84. The van der Waals surface area contributed by atoms with Crippen molar-refractivity contribution in [2.75, 3.05) is 32.8 Å². The molecule has 126 valence electrons. The highest BCUT2D eigenvalue weighted by Crippen LogP contribution is 2.35. The molecule has 1 aromatic heterocycles. The van der Waals surface area contributed by atoms with E-state index in [2.05, 4.69) is 15.9 Å². The van der Waals surface area contributed by atoms with Gasteiger partial charge in [-0.15, -0.1) is 11.3 Å². The van der Waals surface area contributed by atoms with Crippen molar-refractivity contribution in [1.82, 2.24) is 9.80 Å². The van der Waals surface area contributed by atoms with E-state index in [1.165, 1.54) is 19.4 Å². The lowest BCUT2D eigenvalue weighted by Crippen LogP contribution is -2.41. The van der Waals surface area contributed by atoms with Gasteiger partial charge in [0.15, 0.2) is 0 Å². The van der Waals surface area contributed by atoms with Gasteiger partial charge >= 0.3 is 0 Å². The summed E-state index contributed by atoms with van der Waals surface area (Å²) < 4.78 is 5.48. The number of carbonyl (C=O) groups excluding carboxylic acids is 1. The molecule has 5 heteroatoms. The van der Waals surface area contributed by atoms with E-state index < -0.39 is 0 Å². The van der Waals surface area contributed by atoms with E-state index in [1.54, 1.807) is 11.3 Å². The molecule has 1 aromatic rings. The van der Waals surface area contributed by atoms with Crippen molar-refractivity contribution in [2.24, 2.45) is 5.92 Å². The predicted molar refractivity (Wildman–Crippen MR) is 92.0 cm³/mol. The van der Waals surface area contributed by atoms with E-state index in [0.717, 1.165) is 55.5 Å². The number of rotatable bonds is 3. The van der Waals surface area contributed by atoms with Gasteiger partial charge in [0.2, 0.25) is 0 Å². The van der Waals surface area contributed by atoms with Crippen LogP contribution in [0.3, 0.4) is 0 Å². The number of aryl methyl sites for hydroxylation is 1. The molecule has 0 unspecified atom stereocenters. The maximum Gasteiger partial charge on any atom is 0.264 e. The summed E-state index contributed by atoms with van der Waals surface area (Å²) in [4.78, 5) is 18.6. The minimum absolute atomic E-state index is 0.262. The Morgan fingerprint density at radius 1 is 1.22 bits per heavy atom. The van der Waals surface area contributed by atoms with Crippen molar-refractivity contribution in [2.45, 2.75) is 44.7 Å². The van der Waals surface area contributed by atoms with Gasteiger partial charge in [0, 0.05) is 44.9 Å². The smallest absolute Gasteiger partial charge is 0.264 e. The molecule has 2 atom stereocenters. The minimum atomic E-state index is 0.262. The van der Waals surface area contributed by atoms with Crippen LogP contribution >= 0.6 is 11.3 Å². The van der Waals surface area contributed by atoms with Gasteiger partial charge in [0.05, 0.1) is 4.88 Å². The Morgan fingerprint density at radius 3 is 2.74 bits per heavy atom. The first-order valence-electron chi connectivity index (χ1n) is 8.91. The Kier molecular flexibility index (Phi) is 4.43. The van der Waals surface area contributed by atoms with Crippen LogP contribution in [0.25, 0.3) is 0 Å². The van der Waals surface area contributed by atoms with Crippen LogP contribution in [0.2, 0.25) is 0 Å². The number of thiophene rings is 1. The second-order valence-electron chi connectivity index (χ2n) is 7.19. The third-order valence-corrected chi connectivity index (χ3v) is 6.85. The van der Waals surface area contributed by atoms with Crippen molar-refractivity contribution < 1.29 is 9.53 Å². The van der Waals surface area contributed by atoms with Crippen LogP contribution in [0.5, 0.6) is 0 Å². The highest BCUT2D eigenvalue weighted by atomic mass is 32.1. The second kappa shape index (κ2) is 6.54. The molecule has 3 fully saturated rings. The normalized spacial score (nSPS) is 29.2. The summed E-state index contributed by atoms with van der Waals surface area (Å²) in [6.45, 7) is 7.17. The number of nitrogens with zero attached hydrogens (tertiary/aromatic N) is 2. The zero-order valence-corrected chi connectivity index (χ0v) is 14.7. The molecule has 0 aromatic carbocycles. The third kappa shape index (κ3) is 2.94. The number of likely N-dealkylation sites (tertiary alicyclic amines) is 2. The topological polar surface area (TPSA) is 32.8 Å². The van der Waals surface area contributed by atoms with Gasteiger partial charge in [-0.25, -0.2) is 0 Å². The fourth-order valence-corrected chi connectivity index (χ4v) is 5.42. The average molecular weight is 334 g/mol. The first kappa shape index (κ1) is 15.6. The van der Waals surface area contributed by atoms with Crippen LogP contribution < -0.4 is 0 Å². The highest BCUT2D eigenvalue weighted by Gasteiger charge is 2.45. The fourth-order valence-electron chi connectivity index (χ4n) is 4.54. The Bertz CT molecular complexity index is 567. The molecule has 3 aliphatic heterocycles. The molecule has 3 aliphatic rings. The molecule has 0 bridgehead atoms. The molecule has 4 nitrogen and oxygen atoms in total. The summed E-state index contributed by atoms with van der Waals surface area (Å²) in [5.74, 6) is 1.05. The fraction of sp³-hybridized carbons (Fsp3) is 0.722. The van der Waals surface area contributed by atoms with E-state index >= 15 is 0 Å². The average Bonchev–Trinajstić information content (AvgIpc) is 3.25. The summed E-state index contributed by atoms with van der Waals surface area (Å²) in [5, 5.41) is 2.03. The summed E-state index contributed by atoms with van der Waals surface area (Å²) in [6.07, 6.45) is 4.68. The maximum atomic E-state index is 12.9. The molecule has 1 amide bonds. The van der Waals surface area contributed by atoms with E-state index in [4.69, 9.17) is 4.74 Å². The Hall–Kier alpha value is -0.910. The van der Waals surface area contributed by atoms with Gasteiger partial charge in [-0.3, -0.25) is 9.69 Å². The number of fused-ring (bicyclic) bond motifs is 1. The van der Waals surface area contributed by atoms with Crippen molar-refractivity contribution in [1.29, 1.82) is 0 Å². The molecule has 0 radical (unpaired) electrons. The number of amides is 1. The van der Waals surface area contributed by atoms with Crippen LogP contribution in [0, 0.1) is 12.8 Å². The van der Waals surface area contributed by atoms with Gasteiger partial charge < -0.3 is 9.64 Å². The zero-order valence-electron chi connectivity index (χ0n) is 13.9. The molecule has 0 N–H and O–H groups in total. The number of ether oxygens (including phenoxy) is 1. The molecule has 0 spiro atoms. The van der Waals surface area contributed by atoms with Crippen LogP contribution in [0.15, 0.2) is 11.4 Å². The zero-order chi connectivity index (χ0) is 15.8. The summed E-state index contributed by atoms with van der Waals surface area (Å²) >= 11 is 1.59. The molecule has 0 saturated carbocycles. The van der Waals surface area contributed by atoms with E-state index in [9.17, 15) is 4.79 Å². The van der Waals surface area contributed by atoms with Crippen molar-refractivity contribution in [3.05, 3.63) is 21.9 Å². The van der Waals surface area contributed by atoms with E-state index in [-0.39, 0.29) is 5.91 Å². The van der Waals surface area contributed by atoms with Gasteiger partial charge in [-0.05, 0) is 55.5 Å².